The second-order valence-corrected chi connectivity index (χ2v) is 3.63. The van der Waals surface area contributed by atoms with Crippen molar-refractivity contribution in [2.45, 2.75) is 12.8 Å². The zero-order valence-corrected chi connectivity index (χ0v) is 8.35. The summed E-state index contributed by atoms with van der Waals surface area (Å²) in [6, 6.07) is 2.67. The molecule has 1 aliphatic heterocycles. The molecule has 0 unspecified atom stereocenters. The number of phenolic OH excluding ortho intramolecular Hbond substituents is 1. The Morgan fingerprint density at radius 1 is 1.33 bits per heavy atom. The van der Waals surface area contributed by atoms with E-state index < -0.39 is 11.8 Å². The van der Waals surface area contributed by atoms with Gasteiger partial charge in [0.25, 0.3) is 11.8 Å². The predicted molar refractivity (Wildman–Crippen MR) is 51.1 cm³/mol. The number of carbonyl (C=O) groups excluding carboxylic acids is 1. The highest BCUT2D eigenvalue weighted by Crippen LogP contribution is 2.38. The third kappa shape index (κ3) is 1.07. The summed E-state index contributed by atoms with van der Waals surface area (Å²) < 4.78 is 0. The fraction of sp³-hybridized carbons (Fsp3) is 0.300. The molecule has 1 amide bonds. The molecule has 15 heavy (non-hydrogen) atoms. The van der Waals surface area contributed by atoms with E-state index in [1.807, 2.05) is 0 Å². The van der Waals surface area contributed by atoms with E-state index in [2.05, 4.69) is 0 Å². The van der Waals surface area contributed by atoms with Crippen LogP contribution in [0.25, 0.3) is 0 Å². The number of hydrogen-bond acceptors (Lipinski definition) is 4. The lowest BCUT2D eigenvalue weighted by Crippen LogP contribution is -2.40. The number of benzene rings is 1. The zero-order chi connectivity index (χ0) is 11.4. The second kappa shape index (κ2) is 2.71. The quantitative estimate of drug-likeness (QED) is 0.520. The molecule has 0 spiro atoms. The second-order valence-electron chi connectivity index (χ2n) is 3.63. The molecule has 0 saturated heterocycles. The van der Waals surface area contributed by atoms with Crippen molar-refractivity contribution < 1.29 is 20.1 Å². The summed E-state index contributed by atoms with van der Waals surface area (Å²) in [6.07, 6.45) is 0. The third-order valence-corrected chi connectivity index (χ3v) is 2.78. The van der Waals surface area contributed by atoms with Crippen LogP contribution in [0.3, 0.4) is 0 Å². The maximum absolute atomic E-state index is 11.7. The van der Waals surface area contributed by atoms with Crippen molar-refractivity contribution in [2.24, 2.45) is 0 Å². The molecule has 0 bridgehead atoms. The molecule has 0 saturated carbocycles. The van der Waals surface area contributed by atoms with E-state index in [0.717, 1.165) is 4.90 Å². The van der Waals surface area contributed by atoms with Gasteiger partial charge in [-0.3, -0.25) is 9.69 Å². The molecule has 0 radical (unpaired) electrons. The van der Waals surface area contributed by atoms with Crippen LogP contribution in [0.2, 0.25) is 0 Å². The fourth-order valence-corrected chi connectivity index (χ4v) is 1.75. The number of carbonyl (C=O) groups is 1. The standard InChI is InChI=1S/C10H11NO4/c1-5-7(12)4-3-6-8(5)9(13)11(2)10(6,14)15/h3-4,12,14-15H,1-2H3. The first-order chi connectivity index (χ1) is 6.87. The van der Waals surface area contributed by atoms with Gasteiger partial charge in [0.2, 0.25) is 0 Å². The van der Waals surface area contributed by atoms with Crippen LogP contribution < -0.4 is 0 Å². The zero-order valence-electron chi connectivity index (χ0n) is 8.35. The molecule has 0 fully saturated rings. The summed E-state index contributed by atoms with van der Waals surface area (Å²) in [6.45, 7) is 1.56. The molecule has 5 nitrogen and oxygen atoms in total. The van der Waals surface area contributed by atoms with E-state index in [4.69, 9.17) is 0 Å². The topological polar surface area (TPSA) is 81.0 Å². The Hall–Kier alpha value is -1.59. The van der Waals surface area contributed by atoms with Gasteiger partial charge in [-0.2, -0.15) is 0 Å². The number of amides is 1. The minimum absolute atomic E-state index is 0.0341. The summed E-state index contributed by atoms with van der Waals surface area (Å²) in [5.74, 6) is -2.83. The van der Waals surface area contributed by atoms with Gasteiger partial charge in [-0.05, 0) is 19.1 Å². The van der Waals surface area contributed by atoms with Crippen molar-refractivity contribution in [3.8, 4) is 5.75 Å². The number of rotatable bonds is 0. The fourth-order valence-electron chi connectivity index (χ4n) is 1.75. The number of phenols is 1. The van der Waals surface area contributed by atoms with Gasteiger partial charge in [-0.1, -0.05) is 0 Å². The predicted octanol–water partition coefficient (Wildman–Crippen LogP) is -0.119. The minimum atomic E-state index is -2.29. The normalized spacial score (nSPS) is 18.1. The number of hydrogen-bond donors (Lipinski definition) is 3. The molecule has 5 heteroatoms. The average molecular weight is 209 g/mol. The average Bonchev–Trinajstić information content (AvgIpc) is 2.34. The first-order valence-corrected chi connectivity index (χ1v) is 4.43. The molecule has 1 aromatic carbocycles. The molecule has 80 valence electrons. The highest BCUT2D eigenvalue weighted by atomic mass is 16.5. The van der Waals surface area contributed by atoms with E-state index in [-0.39, 0.29) is 16.9 Å². The van der Waals surface area contributed by atoms with E-state index in [1.165, 1.54) is 19.2 Å². The van der Waals surface area contributed by atoms with E-state index in [9.17, 15) is 20.1 Å². The Labute approximate surface area is 86.2 Å². The van der Waals surface area contributed by atoms with Crippen LogP contribution in [-0.4, -0.2) is 33.2 Å². The summed E-state index contributed by atoms with van der Waals surface area (Å²) in [5.41, 5.74) is 0.613. The number of nitrogens with zero attached hydrogens (tertiary/aromatic N) is 1. The van der Waals surface area contributed by atoms with E-state index in [1.54, 1.807) is 6.92 Å². The Bertz CT molecular complexity index is 453. The lowest BCUT2D eigenvalue weighted by Gasteiger charge is -2.24. The monoisotopic (exact) mass is 209 g/mol. The highest BCUT2D eigenvalue weighted by molar-refractivity contribution is 6.01. The highest BCUT2D eigenvalue weighted by Gasteiger charge is 2.46. The first kappa shape index (κ1) is 9.95. The largest absolute Gasteiger partial charge is 0.508 e. The van der Waals surface area contributed by atoms with Crippen molar-refractivity contribution in [3.63, 3.8) is 0 Å². The van der Waals surface area contributed by atoms with Crippen LogP contribution in [0, 0.1) is 6.92 Å². The maximum atomic E-state index is 11.7. The van der Waals surface area contributed by atoms with Gasteiger partial charge in [0, 0.05) is 18.2 Å². The molecule has 0 aliphatic carbocycles. The summed E-state index contributed by atoms with van der Waals surface area (Å²) >= 11 is 0. The van der Waals surface area contributed by atoms with Gasteiger partial charge in [0.1, 0.15) is 5.75 Å². The Morgan fingerprint density at radius 2 is 1.93 bits per heavy atom. The Kier molecular flexibility index (Phi) is 1.80. The van der Waals surface area contributed by atoms with Crippen LogP contribution in [0.5, 0.6) is 5.75 Å². The van der Waals surface area contributed by atoms with Crippen LogP contribution >= 0.6 is 0 Å². The number of aromatic hydroxyl groups is 1. The SMILES string of the molecule is Cc1c(O)ccc2c1C(=O)N(C)C2(O)O. The maximum Gasteiger partial charge on any atom is 0.278 e. The molecular weight excluding hydrogens is 198 g/mol. The smallest absolute Gasteiger partial charge is 0.278 e. The van der Waals surface area contributed by atoms with Gasteiger partial charge in [0.15, 0.2) is 0 Å². The number of fused-ring (bicyclic) bond motifs is 1. The molecule has 0 atom stereocenters. The van der Waals surface area contributed by atoms with Gasteiger partial charge >= 0.3 is 0 Å². The van der Waals surface area contributed by atoms with Crippen molar-refractivity contribution in [2.75, 3.05) is 7.05 Å². The number of aliphatic hydroxyl groups is 2. The van der Waals surface area contributed by atoms with Crippen LogP contribution in [0.1, 0.15) is 21.5 Å². The van der Waals surface area contributed by atoms with Crippen molar-refractivity contribution in [1.82, 2.24) is 4.90 Å². The molecule has 1 heterocycles. The van der Waals surface area contributed by atoms with E-state index in [0.29, 0.717) is 5.56 Å². The molecule has 2 rings (SSSR count). The van der Waals surface area contributed by atoms with Crippen molar-refractivity contribution in [1.29, 1.82) is 0 Å². The summed E-state index contributed by atoms with van der Waals surface area (Å²) in [7, 11) is 1.29. The van der Waals surface area contributed by atoms with Crippen molar-refractivity contribution >= 4 is 5.91 Å². The van der Waals surface area contributed by atoms with Crippen molar-refractivity contribution in [3.05, 3.63) is 28.8 Å². The van der Waals surface area contributed by atoms with Gasteiger partial charge in [-0.15, -0.1) is 0 Å². The minimum Gasteiger partial charge on any atom is -0.508 e. The van der Waals surface area contributed by atoms with Gasteiger partial charge < -0.3 is 15.3 Å². The third-order valence-electron chi connectivity index (χ3n) is 2.78. The Balaban J connectivity index is 2.77. The molecule has 3 N–H and O–H groups in total. The first-order valence-electron chi connectivity index (χ1n) is 4.43. The van der Waals surface area contributed by atoms with Crippen LogP contribution in [0.15, 0.2) is 12.1 Å². The lowest BCUT2D eigenvalue weighted by molar-refractivity contribution is -0.242. The van der Waals surface area contributed by atoms with E-state index >= 15 is 0 Å². The Morgan fingerprint density at radius 3 is 2.53 bits per heavy atom. The molecule has 1 aliphatic rings. The summed E-state index contributed by atoms with van der Waals surface area (Å²) in [4.78, 5) is 12.5. The van der Waals surface area contributed by atoms with Gasteiger partial charge in [0.05, 0.1) is 5.56 Å². The molecular formula is C10H11NO4. The summed E-state index contributed by atoms with van der Waals surface area (Å²) in [5, 5.41) is 28.8. The van der Waals surface area contributed by atoms with Gasteiger partial charge in [-0.25, -0.2) is 0 Å². The molecule has 1 aromatic rings. The molecule has 0 aromatic heterocycles. The lowest BCUT2D eigenvalue weighted by atomic mass is 10.0. The van der Waals surface area contributed by atoms with Crippen LogP contribution in [0.4, 0.5) is 0 Å². The van der Waals surface area contributed by atoms with Crippen LogP contribution in [-0.2, 0) is 5.91 Å².